The number of hydrogen-bond donors (Lipinski definition) is 0. The van der Waals surface area contributed by atoms with E-state index in [2.05, 4.69) is 30.8 Å². The van der Waals surface area contributed by atoms with Gasteiger partial charge in [0.25, 0.3) is 0 Å². The van der Waals surface area contributed by atoms with Crippen molar-refractivity contribution in [2.24, 2.45) is 0 Å². The van der Waals surface area contributed by atoms with Gasteiger partial charge in [0.15, 0.2) is 0 Å². The molecule has 1 fully saturated rings. The lowest BCUT2D eigenvalue weighted by atomic mass is 10.3. The van der Waals surface area contributed by atoms with E-state index in [1.54, 1.807) is 12.4 Å². The maximum atomic E-state index is 8.96. The molecule has 0 saturated carbocycles. The summed E-state index contributed by atoms with van der Waals surface area (Å²) in [4.78, 5) is 19.4. The number of rotatable bonds is 3. The summed E-state index contributed by atoms with van der Waals surface area (Å²) in [6, 6.07) is 9.64. The van der Waals surface area contributed by atoms with Crippen molar-refractivity contribution in [2.45, 2.75) is 0 Å². The second kappa shape index (κ2) is 6.48. The van der Waals surface area contributed by atoms with E-state index >= 15 is 0 Å². The van der Waals surface area contributed by atoms with E-state index in [0.29, 0.717) is 5.69 Å². The van der Waals surface area contributed by atoms with Crippen molar-refractivity contribution in [3.8, 4) is 6.07 Å². The second-order valence-corrected chi connectivity index (χ2v) is 5.60. The van der Waals surface area contributed by atoms with Crippen LogP contribution in [-0.4, -0.2) is 55.2 Å². The summed E-state index contributed by atoms with van der Waals surface area (Å²) < 4.78 is 0. The van der Waals surface area contributed by atoms with Crippen molar-refractivity contribution in [1.29, 1.82) is 5.26 Å². The Morgan fingerprint density at radius 1 is 1.04 bits per heavy atom. The smallest absolute Gasteiger partial charge is 0.142 e. The second-order valence-electron chi connectivity index (χ2n) is 5.60. The fraction of sp³-hybridized carbons (Fsp3) is 0.375. The van der Waals surface area contributed by atoms with Crippen molar-refractivity contribution in [3.05, 3.63) is 36.3 Å². The average Bonchev–Trinajstić information content (AvgIpc) is 2.62. The van der Waals surface area contributed by atoms with E-state index in [4.69, 9.17) is 5.26 Å². The van der Waals surface area contributed by atoms with Crippen molar-refractivity contribution < 1.29 is 0 Å². The summed E-state index contributed by atoms with van der Waals surface area (Å²) in [6.45, 7) is 3.43. The molecule has 0 spiro atoms. The molecular formula is C16H19N7. The van der Waals surface area contributed by atoms with Crippen molar-refractivity contribution in [3.63, 3.8) is 0 Å². The first kappa shape index (κ1) is 15.0. The molecule has 0 bridgehead atoms. The Kier molecular flexibility index (Phi) is 4.24. The molecule has 7 nitrogen and oxygen atoms in total. The quantitative estimate of drug-likeness (QED) is 0.841. The van der Waals surface area contributed by atoms with Crippen LogP contribution in [0.4, 0.5) is 17.5 Å². The Labute approximate surface area is 135 Å². The van der Waals surface area contributed by atoms with Gasteiger partial charge in [-0.25, -0.2) is 15.0 Å². The SMILES string of the molecule is CN(C)c1cc(N2CCN(c3cccc(C#N)n3)CC2)ncn1. The van der Waals surface area contributed by atoms with E-state index in [1.165, 1.54) is 0 Å². The Morgan fingerprint density at radius 3 is 2.39 bits per heavy atom. The molecular weight excluding hydrogens is 290 g/mol. The minimum absolute atomic E-state index is 0.455. The van der Waals surface area contributed by atoms with Crippen LogP contribution in [0.15, 0.2) is 30.6 Å². The monoisotopic (exact) mass is 309 g/mol. The van der Waals surface area contributed by atoms with Crippen molar-refractivity contribution >= 4 is 17.5 Å². The third-order valence-electron chi connectivity index (χ3n) is 3.87. The molecule has 118 valence electrons. The third-order valence-corrected chi connectivity index (χ3v) is 3.87. The zero-order chi connectivity index (χ0) is 16.2. The van der Waals surface area contributed by atoms with Gasteiger partial charge in [0.05, 0.1) is 0 Å². The minimum Gasteiger partial charge on any atom is -0.363 e. The summed E-state index contributed by atoms with van der Waals surface area (Å²) >= 11 is 0. The Bertz CT molecular complexity index is 714. The molecule has 0 aromatic carbocycles. The van der Waals surface area contributed by atoms with Gasteiger partial charge in [-0.3, -0.25) is 0 Å². The molecule has 0 aliphatic carbocycles. The Morgan fingerprint density at radius 2 is 1.74 bits per heavy atom. The Balaban J connectivity index is 1.68. The van der Waals surface area contributed by atoms with Crippen molar-refractivity contribution in [2.75, 3.05) is 55.0 Å². The third kappa shape index (κ3) is 3.31. The molecule has 23 heavy (non-hydrogen) atoms. The number of nitriles is 1. The normalized spacial score (nSPS) is 14.5. The molecule has 1 aliphatic heterocycles. The standard InChI is InChI=1S/C16H19N7/c1-21(2)15-10-16(19-12-18-15)23-8-6-22(7-9-23)14-5-3-4-13(11-17)20-14/h3-5,10,12H,6-9H2,1-2H3. The van der Waals surface area contributed by atoms with Crippen molar-refractivity contribution in [1.82, 2.24) is 15.0 Å². The van der Waals surface area contributed by atoms with Crippen LogP contribution < -0.4 is 14.7 Å². The van der Waals surface area contributed by atoms with Gasteiger partial charge >= 0.3 is 0 Å². The molecule has 2 aromatic heterocycles. The summed E-state index contributed by atoms with van der Waals surface area (Å²) in [5, 5.41) is 8.96. The highest BCUT2D eigenvalue weighted by Gasteiger charge is 2.19. The maximum absolute atomic E-state index is 8.96. The summed E-state index contributed by atoms with van der Waals surface area (Å²) in [7, 11) is 3.94. The van der Waals surface area contributed by atoms with Crippen LogP contribution in [-0.2, 0) is 0 Å². The van der Waals surface area contributed by atoms with Crippen LogP contribution in [0.1, 0.15) is 5.69 Å². The molecule has 0 unspecified atom stereocenters. The highest BCUT2D eigenvalue weighted by molar-refractivity contribution is 5.51. The van der Waals surface area contributed by atoms with E-state index < -0.39 is 0 Å². The van der Waals surface area contributed by atoms with Crippen LogP contribution in [0.3, 0.4) is 0 Å². The predicted octanol–water partition coefficient (Wildman–Crippen LogP) is 1.14. The Hall–Kier alpha value is -2.88. The van der Waals surface area contributed by atoms with Gasteiger partial charge in [-0.15, -0.1) is 0 Å². The lowest BCUT2D eigenvalue weighted by molar-refractivity contribution is 0.640. The number of nitrogens with zero attached hydrogens (tertiary/aromatic N) is 7. The van der Waals surface area contributed by atoms with Gasteiger partial charge in [-0.2, -0.15) is 5.26 Å². The highest BCUT2D eigenvalue weighted by Crippen LogP contribution is 2.20. The molecule has 0 N–H and O–H groups in total. The van der Waals surface area contributed by atoms with Crippen LogP contribution in [0.5, 0.6) is 0 Å². The number of anilines is 3. The van der Waals surface area contributed by atoms with Crippen LogP contribution in [0.25, 0.3) is 0 Å². The fourth-order valence-corrected chi connectivity index (χ4v) is 2.58. The number of pyridine rings is 1. The van der Waals surface area contributed by atoms with E-state index in [-0.39, 0.29) is 0 Å². The van der Waals surface area contributed by atoms with Gasteiger partial charge in [-0.1, -0.05) is 6.07 Å². The molecule has 1 aliphatic rings. The zero-order valence-electron chi connectivity index (χ0n) is 13.3. The fourth-order valence-electron chi connectivity index (χ4n) is 2.58. The average molecular weight is 309 g/mol. The maximum Gasteiger partial charge on any atom is 0.142 e. The molecule has 7 heteroatoms. The van der Waals surface area contributed by atoms with Crippen LogP contribution >= 0.6 is 0 Å². The topological polar surface area (TPSA) is 72.2 Å². The number of aromatic nitrogens is 3. The summed E-state index contributed by atoms with van der Waals surface area (Å²) in [5.74, 6) is 2.71. The largest absolute Gasteiger partial charge is 0.363 e. The first-order valence-electron chi connectivity index (χ1n) is 7.54. The molecule has 2 aromatic rings. The number of hydrogen-bond acceptors (Lipinski definition) is 7. The molecule has 3 rings (SSSR count). The lowest BCUT2D eigenvalue weighted by Gasteiger charge is -2.36. The molecule has 0 radical (unpaired) electrons. The van der Waals surface area contributed by atoms with E-state index in [1.807, 2.05) is 37.2 Å². The van der Waals surface area contributed by atoms with Crippen LogP contribution in [0.2, 0.25) is 0 Å². The zero-order valence-corrected chi connectivity index (χ0v) is 13.3. The lowest BCUT2D eigenvalue weighted by Crippen LogP contribution is -2.47. The minimum atomic E-state index is 0.455. The summed E-state index contributed by atoms with van der Waals surface area (Å²) in [5.41, 5.74) is 0.455. The first-order valence-corrected chi connectivity index (χ1v) is 7.54. The van der Waals surface area contributed by atoms with Gasteiger partial charge in [-0.05, 0) is 12.1 Å². The molecule has 0 amide bonds. The molecule has 0 atom stereocenters. The first-order chi connectivity index (χ1) is 11.2. The van der Waals surface area contributed by atoms with Gasteiger partial charge < -0.3 is 14.7 Å². The van der Waals surface area contributed by atoms with Gasteiger partial charge in [0.1, 0.15) is 35.5 Å². The predicted molar refractivity (Wildman–Crippen MR) is 89.7 cm³/mol. The van der Waals surface area contributed by atoms with E-state index in [9.17, 15) is 0 Å². The number of piperazine rings is 1. The van der Waals surface area contributed by atoms with E-state index in [0.717, 1.165) is 43.6 Å². The van der Waals surface area contributed by atoms with Gasteiger partial charge in [0.2, 0.25) is 0 Å². The highest BCUT2D eigenvalue weighted by atomic mass is 15.3. The van der Waals surface area contributed by atoms with Gasteiger partial charge in [0, 0.05) is 46.3 Å². The summed E-state index contributed by atoms with van der Waals surface area (Å²) in [6.07, 6.45) is 1.61. The van der Waals surface area contributed by atoms with Crippen LogP contribution in [0, 0.1) is 11.3 Å². The molecule has 1 saturated heterocycles. The molecule has 3 heterocycles.